The molecule has 0 radical (unpaired) electrons. The van der Waals surface area contributed by atoms with Crippen LogP contribution in [0.25, 0.3) is 0 Å². The zero-order valence-electron chi connectivity index (χ0n) is 11.1. The second-order valence-corrected chi connectivity index (χ2v) is 4.57. The minimum atomic E-state index is -0.749. The molecule has 1 heterocycles. The smallest absolute Gasteiger partial charge is 0.328 e. The molecule has 0 aromatic carbocycles. The summed E-state index contributed by atoms with van der Waals surface area (Å²) >= 11 is 0. The Bertz CT molecular complexity index is 463. The van der Waals surface area contributed by atoms with Crippen molar-refractivity contribution in [3.8, 4) is 0 Å². The van der Waals surface area contributed by atoms with Gasteiger partial charge in [0.2, 0.25) is 0 Å². The van der Waals surface area contributed by atoms with Gasteiger partial charge in [0.15, 0.2) is 0 Å². The number of amides is 1. The number of pyridine rings is 1. The van der Waals surface area contributed by atoms with Gasteiger partial charge in [-0.3, -0.25) is 9.78 Å². The standard InChI is InChI=1S/C13H17FN2O3/c1-8(2)4-11(13(18)19-3)16-12(17)9-5-10(14)7-15-6-9/h5-8,11H,4H2,1-3H3,(H,16,17). The number of carbonyl (C=O) groups is 2. The van der Waals surface area contributed by atoms with E-state index in [0.717, 1.165) is 12.3 Å². The molecule has 19 heavy (non-hydrogen) atoms. The molecule has 0 fully saturated rings. The number of hydrogen-bond acceptors (Lipinski definition) is 4. The third-order valence-corrected chi connectivity index (χ3v) is 2.47. The highest BCUT2D eigenvalue weighted by atomic mass is 19.1. The number of carbonyl (C=O) groups excluding carboxylic acids is 2. The molecule has 1 N–H and O–H groups in total. The lowest BCUT2D eigenvalue weighted by Crippen LogP contribution is -2.42. The first-order chi connectivity index (χ1) is 8.93. The Kier molecular flexibility index (Phi) is 5.41. The molecule has 0 saturated carbocycles. The molecule has 1 rings (SSSR count). The van der Waals surface area contributed by atoms with E-state index in [2.05, 4.69) is 15.0 Å². The third-order valence-electron chi connectivity index (χ3n) is 2.47. The topological polar surface area (TPSA) is 68.3 Å². The van der Waals surface area contributed by atoms with Gasteiger partial charge in [-0.05, 0) is 18.4 Å². The van der Waals surface area contributed by atoms with Crippen LogP contribution < -0.4 is 5.32 Å². The van der Waals surface area contributed by atoms with E-state index in [1.54, 1.807) is 0 Å². The van der Waals surface area contributed by atoms with Gasteiger partial charge in [0.1, 0.15) is 11.9 Å². The minimum absolute atomic E-state index is 0.0673. The Morgan fingerprint density at radius 3 is 2.63 bits per heavy atom. The van der Waals surface area contributed by atoms with Gasteiger partial charge in [-0.25, -0.2) is 9.18 Å². The van der Waals surface area contributed by atoms with E-state index in [4.69, 9.17) is 0 Å². The number of ether oxygens (including phenoxy) is 1. The molecule has 1 unspecified atom stereocenters. The molecule has 1 amide bonds. The molecule has 1 atom stereocenters. The van der Waals surface area contributed by atoms with Gasteiger partial charge < -0.3 is 10.1 Å². The summed E-state index contributed by atoms with van der Waals surface area (Å²) in [5.74, 6) is -1.48. The molecule has 1 aromatic heterocycles. The van der Waals surface area contributed by atoms with Crippen molar-refractivity contribution in [2.24, 2.45) is 5.92 Å². The Morgan fingerprint density at radius 2 is 2.11 bits per heavy atom. The fourth-order valence-electron chi connectivity index (χ4n) is 1.61. The molecular formula is C13H17FN2O3. The summed E-state index contributed by atoms with van der Waals surface area (Å²) in [6, 6.07) is 0.312. The van der Waals surface area contributed by atoms with Gasteiger partial charge in [0, 0.05) is 6.20 Å². The highest BCUT2D eigenvalue weighted by molar-refractivity contribution is 5.96. The first-order valence-corrected chi connectivity index (χ1v) is 5.93. The van der Waals surface area contributed by atoms with E-state index in [-0.39, 0.29) is 11.5 Å². The lowest BCUT2D eigenvalue weighted by Gasteiger charge is -2.18. The molecule has 5 nitrogen and oxygen atoms in total. The normalized spacial score (nSPS) is 12.1. The van der Waals surface area contributed by atoms with Crippen LogP contribution in [0.1, 0.15) is 30.6 Å². The van der Waals surface area contributed by atoms with Crippen LogP contribution in [0.4, 0.5) is 4.39 Å². The zero-order valence-corrected chi connectivity index (χ0v) is 11.1. The second kappa shape index (κ2) is 6.82. The van der Waals surface area contributed by atoms with Crippen molar-refractivity contribution in [2.45, 2.75) is 26.3 Å². The lowest BCUT2D eigenvalue weighted by atomic mass is 10.0. The van der Waals surface area contributed by atoms with Crippen molar-refractivity contribution in [1.29, 1.82) is 0 Å². The quantitative estimate of drug-likeness (QED) is 0.822. The number of halogens is 1. The maximum Gasteiger partial charge on any atom is 0.328 e. The third kappa shape index (κ3) is 4.65. The van der Waals surface area contributed by atoms with Crippen LogP contribution in [0.2, 0.25) is 0 Å². The predicted molar refractivity (Wildman–Crippen MR) is 66.9 cm³/mol. The van der Waals surface area contributed by atoms with Gasteiger partial charge in [0.25, 0.3) is 5.91 Å². The van der Waals surface area contributed by atoms with Crippen molar-refractivity contribution in [1.82, 2.24) is 10.3 Å². The maximum absolute atomic E-state index is 13.0. The van der Waals surface area contributed by atoms with E-state index in [9.17, 15) is 14.0 Å². The fourth-order valence-corrected chi connectivity index (χ4v) is 1.61. The maximum atomic E-state index is 13.0. The van der Waals surface area contributed by atoms with E-state index >= 15 is 0 Å². The predicted octanol–water partition coefficient (Wildman–Crippen LogP) is 1.54. The van der Waals surface area contributed by atoms with Gasteiger partial charge in [0.05, 0.1) is 18.9 Å². The number of aromatic nitrogens is 1. The summed E-state index contributed by atoms with van der Waals surface area (Å²) < 4.78 is 17.6. The SMILES string of the molecule is COC(=O)C(CC(C)C)NC(=O)c1cncc(F)c1. The van der Waals surface area contributed by atoms with Crippen LogP contribution in [-0.4, -0.2) is 30.0 Å². The van der Waals surface area contributed by atoms with Crippen LogP contribution in [0, 0.1) is 11.7 Å². The van der Waals surface area contributed by atoms with Gasteiger partial charge in [-0.15, -0.1) is 0 Å². The van der Waals surface area contributed by atoms with E-state index in [0.29, 0.717) is 6.42 Å². The number of rotatable bonds is 5. The molecule has 0 aliphatic rings. The molecule has 0 saturated heterocycles. The Labute approximate surface area is 111 Å². The van der Waals surface area contributed by atoms with Gasteiger partial charge in [-0.2, -0.15) is 0 Å². The number of nitrogens with one attached hydrogen (secondary N) is 1. The summed E-state index contributed by atoms with van der Waals surface area (Å²) in [5.41, 5.74) is 0.0673. The molecule has 6 heteroatoms. The van der Waals surface area contributed by atoms with Crippen molar-refractivity contribution in [3.05, 3.63) is 29.8 Å². The fraction of sp³-hybridized carbons (Fsp3) is 0.462. The molecule has 0 aliphatic carbocycles. The lowest BCUT2D eigenvalue weighted by molar-refractivity contribution is -0.143. The largest absolute Gasteiger partial charge is 0.467 e. The highest BCUT2D eigenvalue weighted by Crippen LogP contribution is 2.08. The number of esters is 1. The van der Waals surface area contributed by atoms with E-state index < -0.39 is 23.7 Å². The second-order valence-electron chi connectivity index (χ2n) is 4.57. The first kappa shape index (κ1) is 15.1. The minimum Gasteiger partial charge on any atom is -0.467 e. The summed E-state index contributed by atoms with van der Waals surface area (Å²) in [6.45, 7) is 3.84. The number of methoxy groups -OCH3 is 1. The Balaban J connectivity index is 2.78. The van der Waals surface area contributed by atoms with Crippen molar-refractivity contribution >= 4 is 11.9 Å². The summed E-state index contributed by atoms with van der Waals surface area (Å²) in [4.78, 5) is 27.0. The average Bonchev–Trinajstić information content (AvgIpc) is 2.36. The molecule has 104 valence electrons. The van der Waals surface area contributed by atoms with Crippen LogP contribution in [-0.2, 0) is 9.53 Å². The average molecular weight is 268 g/mol. The summed E-state index contributed by atoms with van der Waals surface area (Å²) in [5, 5.41) is 2.52. The molecular weight excluding hydrogens is 251 g/mol. The van der Waals surface area contributed by atoms with Crippen LogP contribution in [0.3, 0.4) is 0 Å². The van der Waals surface area contributed by atoms with E-state index in [1.165, 1.54) is 13.3 Å². The van der Waals surface area contributed by atoms with Crippen LogP contribution in [0.15, 0.2) is 18.5 Å². The van der Waals surface area contributed by atoms with Crippen molar-refractivity contribution in [3.63, 3.8) is 0 Å². The summed E-state index contributed by atoms with van der Waals surface area (Å²) in [7, 11) is 1.26. The molecule has 1 aromatic rings. The summed E-state index contributed by atoms with van der Waals surface area (Å²) in [6.07, 6.45) is 2.69. The monoisotopic (exact) mass is 268 g/mol. The highest BCUT2D eigenvalue weighted by Gasteiger charge is 2.23. The van der Waals surface area contributed by atoms with Gasteiger partial charge in [-0.1, -0.05) is 13.8 Å². The molecule has 0 bridgehead atoms. The molecule has 0 spiro atoms. The Morgan fingerprint density at radius 1 is 1.42 bits per heavy atom. The number of hydrogen-bond donors (Lipinski definition) is 1. The van der Waals surface area contributed by atoms with Crippen molar-refractivity contribution < 1.29 is 18.7 Å². The van der Waals surface area contributed by atoms with E-state index in [1.807, 2.05) is 13.8 Å². The Hall–Kier alpha value is -1.98. The van der Waals surface area contributed by atoms with Gasteiger partial charge >= 0.3 is 5.97 Å². The van der Waals surface area contributed by atoms with Crippen molar-refractivity contribution in [2.75, 3.05) is 7.11 Å². The number of nitrogens with zero attached hydrogens (tertiary/aromatic N) is 1. The zero-order chi connectivity index (χ0) is 14.4. The van der Waals surface area contributed by atoms with Crippen LogP contribution >= 0.6 is 0 Å². The molecule has 0 aliphatic heterocycles. The first-order valence-electron chi connectivity index (χ1n) is 5.93. The van der Waals surface area contributed by atoms with Crippen LogP contribution in [0.5, 0.6) is 0 Å².